The average Bonchev–Trinajstić information content (AvgIpc) is 2.50. The van der Waals surface area contributed by atoms with Gasteiger partial charge in [-0.3, -0.25) is 9.59 Å². The van der Waals surface area contributed by atoms with E-state index in [-0.39, 0.29) is 23.7 Å². The molecule has 1 aromatic rings. The molecule has 0 unspecified atom stereocenters. The number of rotatable bonds is 3. The largest absolute Gasteiger partial charge is 0.342 e. The SMILES string of the molecule is Cc1cc(C)c(NC(=O)C2CCN(C(=O)C(C)C)CC2)c(C)c1. The number of anilines is 1. The lowest BCUT2D eigenvalue weighted by Crippen LogP contribution is -2.43. The van der Waals surface area contributed by atoms with Gasteiger partial charge in [0.15, 0.2) is 0 Å². The van der Waals surface area contributed by atoms with E-state index in [0.29, 0.717) is 13.1 Å². The Labute approximate surface area is 139 Å². The van der Waals surface area contributed by atoms with Gasteiger partial charge < -0.3 is 10.2 Å². The van der Waals surface area contributed by atoms with Crippen molar-refractivity contribution in [2.45, 2.75) is 47.5 Å². The highest BCUT2D eigenvalue weighted by molar-refractivity contribution is 5.94. The minimum absolute atomic E-state index is 0.00804. The minimum Gasteiger partial charge on any atom is -0.342 e. The maximum Gasteiger partial charge on any atom is 0.227 e. The lowest BCUT2D eigenvalue weighted by atomic mass is 9.94. The molecule has 23 heavy (non-hydrogen) atoms. The number of carbonyl (C=O) groups excluding carboxylic acids is 2. The van der Waals surface area contributed by atoms with E-state index in [1.165, 1.54) is 5.56 Å². The van der Waals surface area contributed by atoms with Crippen LogP contribution in [0.2, 0.25) is 0 Å². The number of hydrogen-bond acceptors (Lipinski definition) is 2. The molecule has 0 bridgehead atoms. The Morgan fingerprint density at radius 3 is 2.09 bits per heavy atom. The molecule has 2 amide bonds. The van der Waals surface area contributed by atoms with E-state index in [1.54, 1.807) is 0 Å². The molecule has 0 aliphatic carbocycles. The summed E-state index contributed by atoms with van der Waals surface area (Å²) in [6, 6.07) is 4.18. The molecular weight excluding hydrogens is 288 g/mol. The van der Waals surface area contributed by atoms with Crippen LogP contribution in [-0.4, -0.2) is 29.8 Å². The summed E-state index contributed by atoms with van der Waals surface area (Å²) in [6.45, 7) is 11.3. The normalized spacial score (nSPS) is 15.8. The number of amides is 2. The summed E-state index contributed by atoms with van der Waals surface area (Å²) in [7, 11) is 0. The van der Waals surface area contributed by atoms with Crippen LogP contribution in [0.15, 0.2) is 12.1 Å². The van der Waals surface area contributed by atoms with Gasteiger partial charge in [0.05, 0.1) is 0 Å². The van der Waals surface area contributed by atoms with Crippen molar-refractivity contribution in [3.8, 4) is 0 Å². The predicted molar refractivity (Wildman–Crippen MR) is 93.4 cm³/mol. The van der Waals surface area contributed by atoms with Crippen molar-refractivity contribution in [1.82, 2.24) is 4.90 Å². The first kappa shape index (κ1) is 17.5. The quantitative estimate of drug-likeness (QED) is 0.928. The van der Waals surface area contributed by atoms with Crippen LogP contribution in [0.25, 0.3) is 0 Å². The third-order valence-corrected chi connectivity index (χ3v) is 4.60. The minimum atomic E-state index is -0.00804. The Hall–Kier alpha value is -1.84. The van der Waals surface area contributed by atoms with Gasteiger partial charge in [-0.1, -0.05) is 31.5 Å². The van der Waals surface area contributed by atoms with Crippen LogP contribution in [0.3, 0.4) is 0 Å². The summed E-state index contributed by atoms with van der Waals surface area (Å²) in [5.41, 5.74) is 4.34. The Bertz CT molecular complexity index is 576. The van der Waals surface area contributed by atoms with E-state index in [0.717, 1.165) is 29.7 Å². The molecule has 1 aliphatic rings. The van der Waals surface area contributed by atoms with Gasteiger partial charge in [0.2, 0.25) is 11.8 Å². The first-order valence-electron chi connectivity index (χ1n) is 8.47. The summed E-state index contributed by atoms with van der Waals surface area (Å²) in [5, 5.41) is 3.10. The van der Waals surface area contributed by atoms with Gasteiger partial charge in [0.25, 0.3) is 0 Å². The molecule has 1 saturated heterocycles. The van der Waals surface area contributed by atoms with E-state index in [4.69, 9.17) is 0 Å². The van der Waals surface area contributed by atoms with Crippen LogP contribution in [0, 0.1) is 32.6 Å². The van der Waals surface area contributed by atoms with E-state index < -0.39 is 0 Å². The van der Waals surface area contributed by atoms with Crippen molar-refractivity contribution in [1.29, 1.82) is 0 Å². The fourth-order valence-electron chi connectivity index (χ4n) is 3.33. The summed E-state index contributed by atoms with van der Waals surface area (Å²) < 4.78 is 0. The van der Waals surface area contributed by atoms with E-state index in [1.807, 2.05) is 32.6 Å². The maximum absolute atomic E-state index is 12.6. The van der Waals surface area contributed by atoms with Gasteiger partial charge >= 0.3 is 0 Å². The summed E-state index contributed by atoms with van der Waals surface area (Å²) in [4.78, 5) is 26.5. The molecule has 1 aromatic carbocycles. The number of aryl methyl sites for hydroxylation is 3. The Balaban J connectivity index is 1.97. The molecule has 0 spiro atoms. The molecule has 0 atom stereocenters. The second-order valence-electron chi connectivity index (χ2n) is 7.02. The summed E-state index contributed by atoms with van der Waals surface area (Å²) in [6.07, 6.45) is 1.49. The number of nitrogens with one attached hydrogen (secondary N) is 1. The van der Waals surface area contributed by atoms with Crippen molar-refractivity contribution >= 4 is 17.5 Å². The second kappa shape index (κ2) is 7.16. The molecule has 1 N–H and O–H groups in total. The van der Waals surface area contributed by atoms with E-state index >= 15 is 0 Å². The molecule has 0 aromatic heterocycles. The highest BCUT2D eigenvalue weighted by atomic mass is 16.2. The zero-order chi connectivity index (χ0) is 17.1. The molecule has 1 aliphatic heterocycles. The molecule has 2 rings (SSSR count). The van der Waals surface area contributed by atoms with Crippen LogP contribution in [0.1, 0.15) is 43.4 Å². The molecular formula is C19H28N2O2. The molecule has 0 radical (unpaired) electrons. The van der Waals surface area contributed by atoms with E-state index in [2.05, 4.69) is 24.4 Å². The molecule has 1 fully saturated rings. The summed E-state index contributed by atoms with van der Waals surface area (Å²) >= 11 is 0. The Morgan fingerprint density at radius 2 is 1.61 bits per heavy atom. The van der Waals surface area contributed by atoms with Crippen molar-refractivity contribution in [3.63, 3.8) is 0 Å². The van der Waals surface area contributed by atoms with Crippen molar-refractivity contribution < 1.29 is 9.59 Å². The lowest BCUT2D eigenvalue weighted by Gasteiger charge is -2.32. The standard InChI is InChI=1S/C19H28N2O2/c1-12(2)19(23)21-8-6-16(7-9-21)18(22)20-17-14(4)10-13(3)11-15(17)5/h10-12,16H,6-9H2,1-5H3,(H,20,22). The van der Waals surface area contributed by atoms with E-state index in [9.17, 15) is 9.59 Å². The fraction of sp³-hybridized carbons (Fsp3) is 0.579. The van der Waals surface area contributed by atoms with Crippen molar-refractivity contribution in [2.24, 2.45) is 11.8 Å². The first-order valence-corrected chi connectivity index (χ1v) is 8.47. The predicted octanol–water partition coefficient (Wildman–Crippen LogP) is 3.44. The molecule has 0 saturated carbocycles. The van der Waals surface area contributed by atoms with Crippen molar-refractivity contribution in [2.75, 3.05) is 18.4 Å². The summed E-state index contributed by atoms with van der Waals surface area (Å²) in [5.74, 6) is 0.287. The Kier molecular flexibility index (Phi) is 5.45. The highest BCUT2D eigenvalue weighted by Gasteiger charge is 2.28. The highest BCUT2D eigenvalue weighted by Crippen LogP contribution is 2.25. The smallest absolute Gasteiger partial charge is 0.227 e. The van der Waals surface area contributed by atoms with Crippen LogP contribution >= 0.6 is 0 Å². The maximum atomic E-state index is 12.6. The number of piperidine rings is 1. The van der Waals surface area contributed by atoms with Gasteiger partial charge in [-0.25, -0.2) is 0 Å². The van der Waals surface area contributed by atoms with Crippen LogP contribution in [0.4, 0.5) is 5.69 Å². The zero-order valence-corrected chi connectivity index (χ0v) is 14.9. The van der Waals surface area contributed by atoms with Crippen LogP contribution in [-0.2, 0) is 9.59 Å². The third-order valence-electron chi connectivity index (χ3n) is 4.60. The monoisotopic (exact) mass is 316 g/mol. The van der Waals surface area contributed by atoms with Crippen LogP contribution < -0.4 is 5.32 Å². The second-order valence-corrected chi connectivity index (χ2v) is 7.02. The number of carbonyl (C=O) groups is 2. The number of likely N-dealkylation sites (tertiary alicyclic amines) is 1. The van der Waals surface area contributed by atoms with Gasteiger partial charge in [-0.2, -0.15) is 0 Å². The topological polar surface area (TPSA) is 49.4 Å². The third kappa shape index (κ3) is 4.12. The fourth-order valence-corrected chi connectivity index (χ4v) is 3.33. The van der Waals surface area contributed by atoms with Gasteiger partial charge in [0.1, 0.15) is 0 Å². The molecule has 4 heteroatoms. The lowest BCUT2D eigenvalue weighted by molar-refractivity contribution is -0.137. The van der Waals surface area contributed by atoms with Gasteiger partial charge in [-0.05, 0) is 44.7 Å². The Morgan fingerprint density at radius 1 is 1.09 bits per heavy atom. The van der Waals surface area contributed by atoms with Gasteiger partial charge in [0, 0.05) is 30.6 Å². The first-order chi connectivity index (χ1) is 10.8. The average molecular weight is 316 g/mol. The molecule has 1 heterocycles. The van der Waals surface area contributed by atoms with Gasteiger partial charge in [-0.15, -0.1) is 0 Å². The van der Waals surface area contributed by atoms with Crippen LogP contribution in [0.5, 0.6) is 0 Å². The zero-order valence-electron chi connectivity index (χ0n) is 14.9. The number of benzene rings is 1. The molecule has 4 nitrogen and oxygen atoms in total. The number of nitrogens with zero attached hydrogens (tertiary/aromatic N) is 1. The van der Waals surface area contributed by atoms with Crippen molar-refractivity contribution in [3.05, 3.63) is 28.8 Å². The molecule has 126 valence electrons. The number of hydrogen-bond donors (Lipinski definition) is 1.